The Morgan fingerprint density at radius 2 is 1.79 bits per heavy atom. The molecule has 34 heavy (non-hydrogen) atoms. The first-order chi connectivity index (χ1) is 15.5. The van der Waals surface area contributed by atoms with Gasteiger partial charge in [0.25, 0.3) is 0 Å². The van der Waals surface area contributed by atoms with E-state index in [4.69, 9.17) is 9.47 Å². The molecule has 0 aromatic carbocycles. The summed E-state index contributed by atoms with van der Waals surface area (Å²) in [5, 5.41) is 7.48. The predicted octanol–water partition coefficient (Wildman–Crippen LogP) is 7.17. The molecule has 6 nitrogen and oxygen atoms in total. The van der Waals surface area contributed by atoms with Gasteiger partial charge < -0.3 is 14.8 Å². The molecule has 1 heterocycles. The molecule has 1 N–H and O–H groups in total. The lowest BCUT2D eigenvalue weighted by atomic mass is 9.98. The smallest absolute Gasteiger partial charge is 0.408 e. The average molecular weight is 480 g/mol. The number of nitrogens with zero attached hydrogens (tertiary/aromatic N) is 2. The van der Waals surface area contributed by atoms with Crippen molar-refractivity contribution in [2.45, 2.75) is 99.0 Å². The largest absolute Gasteiger partial charge is 0.500 e. The molecule has 1 aromatic heterocycles. The highest BCUT2D eigenvalue weighted by molar-refractivity contribution is 5.74. The molecule has 1 aromatic rings. The van der Waals surface area contributed by atoms with Gasteiger partial charge in [-0.3, -0.25) is 4.68 Å². The van der Waals surface area contributed by atoms with Crippen LogP contribution in [-0.2, 0) is 21.7 Å². The van der Waals surface area contributed by atoms with Crippen LogP contribution in [0, 0.1) is 5.92 Å². The van der Waals surface area contributed by atoms with Gasteiger partial charge in [0.15, 0.2) is 0 Å². The van der Waals surface area contributed by atoms with Crippen molar-refractivity contribution < 1.29 is 18.7 Å². The van der Waals surface area contributed by atoms with E-state index in [-0.39, 0.29) is 5.92 Å². The second-order valence-corrected chi connectivity index (χ2v) is 10.3. The normalized spacial score (nSPS) is 14.1. The number of alkyl halides is 1. The first-order valence-corrected chi connectivity index (χ1v) is 11.7. The van der Waals surface area contributed by atoms with Crippen LogP contribution in [0.15, 0.2) is 37.1 Å². The van der Waals surface area contributed by atoms with Crippen molar-refractivity contribution in [2.75, 3.05) is 7.11 Å². The Labute approximate surface area is 206 Å². The van der Waals surface area contributed by atoms with Crippen LogP contribution >= 0.6 is 0 Å². The molecule has 0 radical (unpaired) electrons. The number of hydrogen-bond acceptors (Lipinski definition) is 4. The van der Waals surface area contributed by atoms with Gasteiger partial charge in [0, 0.05) is 11.5 Å². The van der Waals surface area contributed by atoms with Crippen molar-refractivity contribution in [1.82, 2.24) is 15.1 Å². The second-order valence-electron chi connectivity index (χ2n) is 10.3. The lowest BCUT2D eigenvalue weighted by Crippen LogP contribution is -2.48. The number of carbonyl (C=O) groups is 1. The fraction of sp³-hybridized carbons (Fsp3) is 0.630. The maximum absolute atomic E-state index is 14.9. The predicted molar refractivity (Wildman–Crippen MR) is 139 cm³/mol. The summed E-state index contributed by atoms with van der Waals surface area (Å²) in [5.74, 6) is 0.983. The third-order valence-electron chi connectivity index (χ3n) is 4.93. The molecule has 0 bridgehead atoms. The highest BCUT2D eigenvalue weighted by Gasteiger charge is 2.30. The van der Waals surface area contributed by atoms with Crippen molar-refractivity contribution in [3.63, 3.8) is 0 Å². The van der Waals surface area contributed by atoms with Gasteiger partial charge in [-0.05, 0) is 67.9 Å². The molecule has 7 heteroatoms. The van der Waals surface area contributed by atoms with E-state index in [2.05, 4.69) is 37.4 Å². The summed E-state index contributed by atoms with van der Waals surface area (Å²) in [7, 11) is 1.65. The molecule has 0 spiro atoms. The van der Waals surface area contributed by atoms with Crippen LogP contribution < -0.4 is 5.32 Å². The van der Waals surface area contributed by atoms with Crippen molar-refractivity contribution in [3.8, 4) is 0 Å². The van der Waals surface area contributed by atoms with Crippen molar-refractivity contribution in [1.29, 1.82) is 0 Å². The van der Waals surface area contributed by atoms with Crippen LogP contribution in [0.4, 0.5) is 9.18 Å². The summed E-state index contributed by atoms with van der Waals surface area (Å²) in [6.45, 7) is 24.6. The van der Waals surface area contributed by atoms with Crippen molar-refractivity contribution >= 4 is 11.7 Å². The van der Waals surface area contributed by atoms with E-state index in [1.165, 1.54) is 13.8 Å². The summed E-state index contributed by atoms with van der Waals surface area (Å²) in [4.78, 5) is 12.4. The van der Waals surface area contributed by atoms with Gasteiger partial charge in [-0.1, -0.05) is 26.0 Å². The van der Waals surface area contributed by atoms with Gasteiger partial charge in [0.05, 0.1) is 30.6 Å². The number of halogens is 1. The Kier molecular flexibility index (Phi) is 11.8. The van der Waals surface area contributed by atoms with Crippen molar-refractivity contribution in [2.24, 2.45) is 5.92 Å². The number of carbonyl (C=O) groups excluding carboxylic acids is 1. The number of amides is 1. The van der Waals surface area contributed by atoms with Gasteiger partial charge in [0.2, 0.25) is 0 Å². The third-order valence-corrected chi connectivity index (χ3v) is 4.93. The summed E-state index contributed by atoms with van der Waals surface area (Å²) in [6.07, 6.45) is 4.27. The van der Waals surface area contributed by atoms with Gasteiger partial charge in [-0.15, -0.1) is 13.2 Å². The summed E-state index contributed by atoms with van der Waals surface area (Å²) < 4.78 is 27.8. The monoisotopic (exact) mass is 479 g/mol. The minimum atomic E-state index is -1.62. The van der Waals surface area contributed by atoms with E-state index in [0.717, 1.165) is 23.4 Å². The molecule has 1 rings (SSSR count). The molecule has 194 valence electrons. The van der Waals surface area contributed by atoms with E-state index >= 15 is 0 Å². The van der Waals surface area contributed by atoms with Crippen LogP contribution in [0.2, 0.25) is 0 Å². The minimum absolute atomic E-state index is 0.171. The Hall–Kier alpha value is -2.57. The van der Waals surface area contributed by atoms with Crippen LogP contribution in [0.25, 0.3) is 5.57 Å². The topological polar surface area (TPSA) is 65.4 Å². The Morgan fingerprint density at radius 3 is 2.21 bits per heavy atom. The first-order valence-electron chi connectivity index (χ1n) is 11.7. The zero-order valence-electron chi connectivity index (χ0n) is 23.1. The molecule has 0 aliphatic carbocycles. The SMILES string of the molecule is C/C=C\C(=C(\OC)C(C)CC)c1cc(C(C)(C)F)nn1CC(C)(C)NC(=O)OC(C)(C)C.C=C. The number of alkyl carbamates (subject to hydrolysis) is 1. The molecule has 0 aliphatic rings. The number of hydrogen-bond donors (Lipinski definition) is 1. The zero-order chi connectivity index (χ0) is 26.9. The molecule has 0 saturated heterocycles. The number of rotatable bonds is 9. The van der Waals surface area contributed by atoms with Gasteiger partial charge in [-0.2, -0.15) is 5.10 Å². The van der Waals surface area contributed by atoms with E-state index in [0.29, 0.717) is 12.2 Å². The quantitative estimate of drug-likeness (QED) is 0.232. The maximum atomic E-state index is 14.9. The van der Waals surface area contributed by atoms with Crippen LogP contribution in [0.1, 0.15) is 87.0 Å². The Bertz CT molecular complexity index is 855. The molecule has 1 atom stereocenters. The molecule has 1 unspecified atom stereocenters. The number of ether oxygens (including phenoxy) is 2. The van der Waals surface area contributed by atoms with Crippen LogP contribution in [-0.4, -0.2) is 34.1 Å². The van der Waals surface area contributed by atoms with Gasteiger partial charge >= 0.3 is 6.09 Å². The van der Waals surface area contributed by atoms with E-state index in [1.54, 1.807) is 17.9 Å². The van der Waals surface area contributed by atoms with Gasteiger partial charge in [0.1, 0.15) is 17.0 Å². The lowest BCUT2D eigenvalue weighted by Gasteiger charge is -2.29. The highest BCUT2D eigenvalue weighted by atomic mass is 19.1. The molecule has 0 fully saturated rings. The molecule has 0 aliphatic heterocycles. The standard InChI is InChI=1S/C25H42FN3O3.C2H4/c1-12-14-18(21(31-11)17(3)13-2)19-15-20(25(9,10)26)28-29(19)16-24(7,8)27-22(30)32-23(4,5)6;1-2/h12,14-15,17H,13,16H2,1-11H3,(H,27,30);1-2H2/b14-12-,21-18-;. The van der Waals surface area contributed by atoms with Crippen LogP contribution in [0.5, 0.6) is 0 Å². The first kappa shape index (κ1) is 31.4. The van der Waals surface area contributed by atoms with Crippen LogP contribution in [0.3, 0.4) is 0 Å². The number of methoxy groups -OCH3 is 1. The zero-order valence-corrected chi connectivity index (χ0v) is 23.1. The molecule has 1 amide bonds. The number of aromatic nitrogens is 2. The Balaban J connectivity index is 0.00000529. The maximum Gasteiger partial charge on any atom is 0.408 e. The second kappa shape index (κ2) is 12.8. The summed E-state index contributed by atoms with van der Waals surface area (Å²) in [6, 6.07) is 1.76. The van der Waals surface area contributed by atoms with Gasteiger partial charge in [-0.25, -0.2) is 9.18 Å². The van der Waals surface area contributed by atoms with Crippen molar-refractivity contribution in [3.05, 3.63) is 48.5 Å². The number of allylic oxidation sites excluding steroid dienone is 4. The minimum Gasteiger partial charge on any atom is -0.500 e. The molecular formula is C27H46FN3O3. The Morgan fingerprint density at radius 1 is 1.24 bits per heavy atom. The summed E-state index contributed by atoms with van der Waals surface area (Å²) >= 11 is 0. The lowest BCUT2D eigenvalue weighted by molar-refractivity contribution is 0.0461. The van der Waals surface area contributed by atoms with E-state index in [1.807, 2.05) is 53.7 Å². The highest BCUT2D eigenvalue weighted by Crippen LogP contribution is 2.32. The molecular weight excluding hydrogens is 433 g/mol. The van der Waals surface area contributed by atoms with E-state index < -0.39 is 22.9 Å². The fourth-order valence-corrected chi connectivity index (χ4v) is 3.26. The number of nitrogens with one attached hydrogen (secondary N) is 1. The fourth-order valence-electron chi connectivity index (χ4n) is 3.26. The van der Waals surface area contributed by atoms with E-state index in [9.17, 15) is 9.18 Å². The third kappa shape index (κ3) is 9.74. The average Bonchev–Trinajstić information content (AvgIpc) is 3.10. The molecule has 0 saturated carbocycles. The summed E-state index contributed by atoms with van der Waals surface area (Å²) in [5.41, 5.74) is -1.02.